The van der Waals surface area contributed by atoms with Gasteiger partial charge in [-0.05, 0) is 18.8 Å². The van der Waals surface area contributed by atoms with Gasteiger partial charge in [0.15, 0.2) is 0 Å². The number of hydrogen-bond donors (Lipinski definition) is 3. The topological polar surface area (TPSA) is 86.8 Å². The third-order valence-electron chi connectivity index (χ3n) is 2.83. The van der Waals surface area contributed by atoms with Crippen LogP contribution in [-0.2, 0) is 4.79 Å². The van der Waals surface area contributed by atoms with Gasteiger partial charge in [0.2, 0.25) is 0 Å². The highest BCUT2D eigenvalue weighted by atomic mass is 16.4. The van der Waals surface area contributed by atoms with Crippen molar-refractivity contribution in [3.05, 3.63) is 0 Å². The number of nitrogens with zero attached hydrogens (tertiary/aromatic N) is 1. The van der Waals surface area contributed by atoms with Gasteiger partial charge in [-0.3, -0.25) is 9.69 Å². The van der Waals surface area contributed by atoms with E-state index >= 15 is 0 Å². The highest BCUT2D eigenvalue weighted by molar-refractivity contribution is 5.66. The van der Waals surface area contributed by atoms with Gasteiger partial charge < -0.3 is 15.9 Å². The number of nitrogens with two attached hydrogens (primary N) is 1. The number of hydrogen-bond acceptors (Lipinski definition) is 4. The number of likely N-dealkylation sites (tertiary alicyclic amines) is 1. The lowest BCUT2D eigenvalue weighted by Crippen LogP contribution is -2.47. The molecular weight excluding hydrogens is 196 g/mol. The van der Waals surface area contributed by atoms with Crippen LogP contribution < -0.4 is 5.73 Å². The predicted molar refractivity (Wildman–Crippen MR) is 56.5 cm³/mol. The van der Waals surface area contributed by atoms with Gasteiger partial charge in [0.25, 0.3) is 0 Å². The molecule has 88 valence electrons. The first-order valence-electron chi connectivity index (χ1n) is 5.42. The van der Waals surface area contributed by atoms with Gasteiger partial charge in [-0.2, -0.15) is 0 Å². The summed E-state index contributed by atoms with van der Waals surface area (Å²) < 4.78 is 0. The van der Waals surface area contributed by atoms with Crippen molar-refractivity contribution in [2.75, 3.05) is 26.2 Å². The number of aliphatic carboxylic acids is 1. The largest absolute Gasteiger partial charge is 0.481 e. The fourth-order valence-corrected chi connectivity index (χ4v) is 2.21. The second kappa shape index (κ2) is 6.05. The highest BCUT2D eigenvalue weighted by Crippen LogP contribution is 2.20. The number of β-amino-alcohol motifs (C(OH)–C–C–N with tert-alkyl or cyclic N) is 1. The van der Waals surface area contributed by atoms with Crippen molar-refractivity contribution >= 4 is 5.97 Å². The second-order valence-electron chi connectivity index (χ2n) is 4.28. The first kappa shape index (κ1) is 12.4. The number of carbonyl (C=O) groups is 1. The molecule has 0 spiro atoms. The second-order valence-corrected chi connectivity index (χ2v) is 4.28. The van der Waals surface area contributed by atoms with Gasteiger partial charge in [-0.15, -0.1) is 0 Å². The van der Waals surface area contributed by atoms with E-state index in [4.69, 9.17) is 15.9 Å². The van der Waals surface area contributed by atoms with Crippen molar-refractivity contribution in [3.63, 3.8) is 0 Å². The molecule has 0 radical (unpaired) electrons. The summed E-state index contributed by atoms with van der Waals surface area (Å²) in [6.45, 7) is 2.45. The van der Waals surface area contributed by atoms with Crippen LogP contribution in [0.5, 0.6) is 0 Å². The van der Waals surface area contributed by atoms with Crippen LogP contribution in [0.3, 0.4) is 0 Å². The molecule has 0 amide bonds. The Morgan fingerprint density at radius 3 is 2.80 bits per heavy atom. The van der Waals surface area contributed by atoms with E-state index in [-0.39, 0.29) is 19.1 Å². The zero-order valence-corrected chi connectivity index (χ0v) is 8.93. The standard InChI is InChI=1S/C10H20N2O3/c11-9-5-8(1-2-10(14)15)6-12(7-9)3-4-13/h8-9,13H,1-7,11H2,(H,14,15). The molecule has 0 bridgehead atoms. The lowest BCUT2D eigenvalue weighted by Gasteiger charge is -2.35. The van der Waals surface area contributed by atoms with Crippen LogP contribution in [0, 0.1) is 5.92 Å². The van der Waals surface area contributed by atoms with Gasteiger partial charge in [0.1, 0.15) is 0 Å². The quantitative estimate of drug-likeness (QED) is 0.576. The van der Waals surface area contributed by atoms with Crippen LogP contribution in [0.25, 0.3) is 0 Å². The number of carboxylic acid groups (broad SMARTS) is 1. The molecule has 1 fully saturated rings. The first-order valence-corrected chi connectivity index (χ1v) is 5.42. The molecule has 2 atom stereocenters. The SMILES string of the molecule is NC1CC(CCC(=O)O)CN(CCO)C1. The molecule has 15 heavy (non-hydrogen) atoms. The minimum Gasteiger partial charge on any atom is -0.481 e. The predicted octanol–water partition coefficient (Wildman–Crippen LogP) is -0.507. The molecule has 4 N–H and O–H groups in total. The van der Waals surface area contributed by atoms with E-state index in [1.165, 1.54) is 0 Å². The van der Waals surface area contributed by atoms with Gasteiger partial charge in [0, 0.05) is 32.1 Å². The molecule has 0 aromatic carbocycles. The average molecular weight is 216 g/mol. The number of aliphatic hydroxyl groups is 1. The van der Waals surface area contributed by atoms with Crippen molar-refractivity contribution in [2.45, 2.75) is 25.3 Å². The summed E-state index contributed by atoms with van der Waals surface area (Å²) in [5.74, 6) is -0.390. The first-order chi connectivity index (χ1) is 7.11. The molecule has 1 aliphatic rings. The van der Waals surface area contributed by atoms with Crippen molar-refractivity contribution in [3.8, 4) is 0 Å². The molecule has 1 rings (SSSR count). The summed E-state index contributed by atoms with van der Waals surface area (Å²) >= 11 is 0. The van der Waals surface area contributed by atoms with E-state index < -0.39 is 5.97 Å². The highest BCUT2D eigenvalue weighted by Gasteiger charge is 2.24. The van der Waals surface area contributed by atoms with E-state index in [9.17, 15) is 4.79 Å². The Balaban J connectivity index is 2.34. The molecule has 0 saturated carbocycles. The average Bonchev–Trinajstić information content (AvgIpc) is 2.14. The summed E-state index contributed by atoms with van der Waals surface area (Å²) in [4.78, 5) is 12.6. The van der Waals surface area contributed by atoms with Crippen LogP contribution in [-0.4, -0.2) is 53.4 Å². The Labute approximate surface area is 89.9 Å². The smallest absolute Gasteiger partial charge is 0.303 e. The van der Waals surface area contributed by atoms with E-state index in [0.717, 1.165) is 19.5 Å². The Bertz CT molecular complexity index is 211. The molecule has 1 heterocycles. The molecule has 2 unspecified atom stereocenters. The van der Waals surface area contributed by atoms with Crippen molar-refractivity contribution in [2.24, 2.45) is 11.7 Å². The Morgan fingerprint density at radius 2 is 2.20 bits per heavy atom. The summed E-state index contributed by atoms with van der Waals surface area (Å²) in [5, 5.41) is 17.4. The third-order valence-corrected chi connectivity index (χ3v) is 2.83. The van der Waals surface area contributed by atoms with Crippen LogP contribution >= 0.6 is 0 Å². The molecular formula is C10H20N2O3. The lowest BCUT2D eigenvalue weighted by molar-refractivity contribution is -0.137. The number of rotatable bonds is 5. The summed E-state index contributed by atoms with van der Waals surface area (Å²) in [5.41, 5.74) is 5.88. The Hall–Kier alpha value is -0.650. The molecule has 0 aromatic rings. The van der Waals surface area contributed by atoms with Crippen LogP contribution in [0.15, 0.2) is 0 Å². The van der Waals surface area contributed by atoms with Crippen molar-refractivity contribution < 1.29 is 15.0 Å². The van der Waals surface area contributed by atoms with Crippen LogP contribution in [0.1, 0.15) is 19.3 Å². The third kappa shape index (κ3) is 4.59. The van der Waals surface area contributed by atoms with E-state index in [0.29, 0.717) is 18.9 Å². The Kier molecular flexibility index (Phi) is 5.01. The Morgan fingerprint density at radius 1 is 1.47 bits per heavy atom. The molecule has 0 aliphatic carbocycles. The minimum absolute atomic E-state index is 0.115. The molecule has 1 saturated heterocycles. The molecule has 0 aromatic heterocycles. The van der Waals surface area contributed by atoms with Gasteiger partial charge >= 0.3 is 5.97 Å². The molecule has 5 nitrogen and oxygen atoms in total. The van der Waals surface area contributed by atoms with Crippen LogP contribution in [0.4, 0.5) is 0 Å². The fourth-order valence-electron chi connectivity index (χ4n) is 2.21. The van der Waals surface area contributed by atoms with E-state index in [2.05, 4.69) is 4.90 Å². The van der Waals surface area contributed by atoms with Crippen molar-refractivity contribution in [1.82, 2.24) is 4.90 Å². The van der Waals surface area contributed by atoms with Gasteiger partial charge in [0.05, 0.1) is 6.61 Å². The zero-order chi connectivity index (χ0) is 11.3. The summed E-state index contributed by atoms with van der Waals surface area (Å²) in [6, 6.07) is 0.115. The number of piperidine rings is 1. The molecule has 5 heteroatoms. The summed E-state index contributed by atoms with van der Waals surface area (Å²) in [6.07, 6.45) is 1.80. The van der Waals surface area contributed by atoms with Gasteiger partial charge in [-0.25, -0.2) is 0 Å². The zero-order valence-electron chi connectivity index (χ0n) is 8.93. The normalized spacial score (nSPS) is 27.9. The maximum atomic E-state index is 10.4. The summed E-state index contributed by atoms with van der Waals surface area (Å²) in [7, 11) is 0. The lowest BCUT2D eigenvalue weighted by atomic mass is 9.91. The minimum atomic E-state index is -0.747. The van der Waals surface area contributed by atoms with Gasteiger partial charge in [-0.1, -0.05) is 0 Å². The fraction of sp³-hybridized carbons (Fsp3) is 0.900. The maximum absolute atomic E-state index is 10.4. The molecule has 1 aliphatic heterocycles. The monoisotopic (exact) mass is 216 g/mol. The number of carboxylic acids is 1. The van der Waals surface area contributed by atoms with Crippen molar-refractivity contribution in [1.29, 1.82) is 0 Å². The van der Waals surface area contributed by atoms with E-state index in [1.54, 1.807) is 0 Å². The maximum Gasteiger partial charge on any atom is 0.303 e. The number of aliphatic hydroxyl groups excluding tert-OH is 1. The van der Waals surface area contributed by atoms with E-state index in [1.807, 2.05) is 0 Å². The van der Waals surface area contributed by atoms with Crippen LogP contribution in [0.2, 0.25) is 0 Å².